The molecule has 0 saturated carbocycles. The third-order valence-corrected chi connectivity index (χ3v) is 2.88. The first kappa shape index (κ1) is 14.1. The summed E-state index contributed by atoms with van der Waals surface area (Å²) in [5.74, 6) is -1.40. The highest BCUT2D eigenvalue weighted by molar-refractivity contribution is 5.94. The van der Waals surface area contributed by atoms with E-state index in [1.54, 1.807) is 0 Å². The first-order valence-corrected chi connectivity index (χ1v) is 6.27. The number of pyridine rings is 1. The first-order valence-electron chi connectivity index (χ1n) is 6.27. The molecule has 5 heteroatoms. The maximum absolute atomic E-state index is 13.4. The summed E-state index contributed by atoms with van der Waals surface area (Å²) in [6.45, 7) is -0.220. The fourth-order valence-electron chi connectivity index (χ4n) is 1.88. The number of rotatable bonds is 5. The van der Waals surface area contributed by atoms with Crippen LogP contribution < -0.4 is 5.32 Å². The fraction of sp³-hybridized carbons (Fsp3) is 0.200. The van der Waals surface area contributed by atoms with Gasteiger partial charge in [-0.15, -0.1) is 0 Å². The molecule has 1 unspecified atom stereocenters. The smallest absolute Gasteiger partial charge is 0.256 e. The van der Waals surface area contributed by atoms with Gasteiger partial charge >= 0.3 is 0 Å². The molecule has 0 aliphatic carbocycles. The Kier molecular flexibility index (Phi) is 4.79. The number of aromatic nitrogens is 1. The number of carbonyl (C=O) groups is 1. The van der Waals surface area contributed by atoms with Crippen LogP contribution in [0.5, 0.6) is 0 Å². The summed E-state index contributed by atoms with van der Waals surface area (Å²) in [4.78, 5) is 15.4. The standard InChI is InChI=1S/C15H15FN2O2/c16-14-13(7-4-8-17-14)15(20)18-12(10-19)9-11-5-2-1-3-6-11/h1-8,12,19H,9-10H2,(H,18,20). The van der Waals surface area contributed by atoms with Crippen molar-refractivity contribution in [2.45, 2.75) is 12.5 Å². The van der Waals surface area contributed by atoms with E-state index in [0.717, 1.165) is 5.56 Å². The van der Waals surface area contributed by atoms with Gasteiger partial charge in [-0.2, -0.15) is 4.39 Å². The molecule has 0 aliphatic rings. The third kappa shape index (κ3) is 3.61. The van der Waals surface area contributed by atoms with Gasteiger partial charge in [-0.3, -0.25) is 4.79 Å². The van der Waals surface area contributed by atoms with Crippen LogP contribution in [-0.2, 0) is 6.42 Å². The van der Waals surface area contributed by atoms with E-state index in [9.17, 15) is 14.3 Å². The van der Waals surface area contributed by atoms with Crippen molar-refractivity contribution >= 4 is 5.91 Å². The van der Waals surface area contributed by atoms with Crippen LogP contribution in [0.1, 0.15) is 15.9 Å². The van der Waals surface area contributed by atoms with Gasteiger partial charge in [0, 0.05) is 6.20 Å². The van der Waals surface area contributed by atoms with Crippen LogP contribution in [0.25, 0.3) is 0 Å². The first-order chi connectivity index (χ1) is 9.70. The van der Waals surface area contributed by atoms with Crippen LogP contribution in [0.4, 0.5) is 4.39 Å². The van der Waals surface area contributed by atoms with Gasteiger partial charge < -0.3 is 10.4 Å². The minimum absolute atomic E-state index is 0.126. The minimum Gasteiger partial charge on any atom is -0.394 e. The molecule has 2 rings (SSSR count). The van der Waals surface area contributed by atoms with Gasteiger partial charge in [0.25, 0.3) is 5.91 Å². The van der Waals surface area contributed by atoms with Gasteiger partial charge in [-0.05, 0) is 24.1 Å². The van der Waals surface area contributed by atoms with Crippen LogP contribution >= 0.6 is 0 Å². The van der Waals surface area contributed by atoms with Gasteiger partial charge in [-0.25, -0.2) is 4.98 Å². The van der Waals surface area contributed by atoms with E-state index in [1.807, 2.05) is 30.3 Å². The molecule has 1 heterocycles. The minimum atomic E-state index is -0.818. The van der Waals surface area contributed by atoms with Crippen LogP contribution in [0.3, 0.4) is 0 Å². The molecule has 0 radical (unpaired) electrons. The molecule has 4 nitrogen and oxygen atoms in total. The number of amides is 1. The van der Waals surface area contributed by atoms with Gasteiger partial charge in [-0.1, -0.05) is 30.3 Å². The van der Waals surface area contributed by atoms with Crippen molar-refractivity contribution in [3.63, 3.8) is 0 Å². The number of benzene rings is 1. The van der Waals surface area contributed by atoms with Crippen molar-refractivity contribution in [1.82, 2.24) is 10.3 Å². The SMILES string of the molecule is O=C(NC(CO)Cc1ccccc1)c1cccnc1F. The Morgan fingerprint density at radius 2 is 2.00 bits per heavy atom. The van der Waals surface area contributed by atoms with Crippen LogP contribution in [-0.4, -0.2) is 28.6 Å². The Balaban J connectivity index is 2.03. The molecule has 1 amide bonds. The molecule has 1 aromatic carbocycles. The van der Waals surface area contributed by atoms with Crippen molar-refractivity contribution in [3.05, 3.63) is 65.7 Å². The third-order valence-electron chi connectivity index (χ3n) is 2.88. The predicted octanol–water partition coefficient (Wildman–Crippen LogP) is 1.55. The summed E-state index contributed by atoms with van der Waals surface area (Å²) < 4.78 is 13.4. The van der Waals surface area contributed by atoms with Crippen molar-refractivity contribution < 1.29 is 14.3 Å². The zero-order chi connectivity index (χ0) is 14.4. The zero-order valence-electron chi connectivity index (χ0n) is 10.8. The van der Waals surface area contributed by atoms with Crippen molar-refractivity contribution in [3.8, 4) is 0 Å². The normalized spacial score (nSPS) is 11.9. The van der Waals surface area contributed by atoms with E-state index in [4.69, 9.17) is 0 Å². The van der Waals surface area contributed by atoms with E-state index in [1.165, 1.54) is 18.3 Å². The molecule has 1 aromatic heterocycles. The molecule has 104 valence electrons. The van der Waals surface area contributed by atoms with Crippen LogP contribution in [0, 0.1) is 5.95 Å². The summed E-state index contributed by atoms with van der Waals surface area (Å²) in [6, 6.07) is 11.8. The lowest BCUT2D eigenvalue weighted by Crippen LogP contribution is -2.39. The average Bonchev–Trinajstić information content (AvgIpc) is 2.48. The topological polar surface area (TPSA) is 62.2 Å². The van der Waals surface area contributed by atoms with Crippen LogP contribution in [0.15, 0.2) is 48.7 Å². The highest BCUT2D eigenvalue weighted by atomic mass is 19.1. The number of nitrogens with zero attached hydrogens (tertiary/aromatic N) is 1. The second kappa shape index (κ2) is 6.77. The highest BCUT2D eigenvalue weighted by Gasteiger charge is 2.16. The molecular formula is C15H15FN2O2. The summed E-state index contributed by atoms with van der Waals surface area (Å²) in [5, 5.41) is 11.9. The summed E-state index contributed by atoms with van der Waals surface area (Å²) in [7, 11) is 0. The van der Waals surface area contributed by atoms with E-state index in [-0.39, 0.29) is 12.2 Å². The molecule has 0 saturated heterocycles. The monoisotopic (exact) mass is 274 g/mol. The number of hydrogen-bond acceptors (Lipinski definition) is 3. The number of aliphatic hydroxyl groups is 1. The number of halogens is 1. The van der Waals surface area contributed by atoms with Gasteiger partial charge in [0.1, 0.15) is 0 Å². The molecule has 0 fully saturated rings. The Hall–Kier alpha value is -2.27. The summed E-state index contributed by atoms with van der Waals surface area (Å²) in [5.41, 5.74) is 0.859. The second-order valence-corrected chi connectivity index (χ2v) is 4.38. The molecule has 20 heavy (non-hydrogen) atoms. The van der Waals surface area contributed by atoms with Crippen LogP contribution in [0.2, 0.25) is 0 Å². The van der Waals surface area contributed by atoms with Crippen molar-refractivity contribution in [2.75, 3.05) is 6.61 Å². The molecule has 2 aromatic rings. The van der Waals surface area contributed by atoms with E-state index >= 15 is 0 Å². The van der Waals surface area contributed by atoms with Crippen molar-refractivity contribution in [2.24, 2.45) is 0 Å². The Bertz CT molecular complexity index is 575. The number of aliphatic hydroxyl groups excluding tert-OH is 1. The maximum atomic E-state index is 13.4. The fourth-order valence-corrected chi connectivity index (χ4v) is 1.88. The summed E-state index contributed by atoms with van der Waals surface area (Å²) >= 11 is 0. The molecule has 0 bridgehead atoms. The molecular weight excluding hydrogens is 259 g/mol. The van der Waals surface area contributed by atoms with Crippen molar-refractivity contribution in [1.29, 1.82) is 0 Å². The largest absolute Gasteiger partial charge is 0.394 e. The quantitative estimate of drug-likeness (QED) is 0.813. The van der Waals surface area contributed by atoms with Gasteiger partial charge in [0.2, 0.25) is 5.95 Å². The number of carbonyl (C=O) groups excluding carboxylic acids is 1. The summed E-state index contributed by atoms with van der Waals surface area (Å²) in [6.07, 6.45) is 1.75. The molecule has 2 N–H and O–H groups in total. The molecule has 1 atom stereocenters. The Morgan fingerprint density at radius 3 is 2.65 bits per heavy atom. The predicted molar refractivity (Wildman–Crippen MR) is 72.7 cm³/mol. The van der Waals surface area contributed by atoms with E-state index < -0.39 is 17.9 Å². The molecule has 0 spiro atoms. The second-order valence-electron chi connectivity index (χ2n) is 4.38. The van der Waals surface area contributed by atoms with Gasteiger partial charge in [0.05, 0.1) is 18.2 Å². The lowest BCUT2D eigenvalue weighted by Gasteiger charge is -2.16. The maximum Gasteiger partial charge on any atom is 0.256 e. The van der Waals surface area contributed by atoms with E-state index in [2.05, 4.69) is 10.3 Å². The Morgan fingerprint density at radius 1 is 1.25 bits per heavy atom. The zero-order valence-corrected chi connectivity index (χ0v) is 10.8. The molecule has 0 aliphatic heterocycles. The van der Waals surface area contributed by atoms with E-state index in [0.29, 0.717) is 6.42 Å². The number of hydrogen-bond donors (Lipinski definition) is 2. The average molecular weight is 274 g/mol. The lowest BCUT2D eigenvalue weighted by molar-refractivity contribution is 0.0911. The van der Waals surface area contributed by atoms with Gasteiger partial charge in [0.15, 0.2) is 0 Å². The lowest BCUT2D eigenvalue weighted by atomic mass is 10.1. The number of nitrogens with one attached hydrogen (secondary N) is 1. The highest BCUT2D eigenvalue weighted by Crippen LogP contribution is 2.06. The Labute approximate surface area is 116 Å².